The zero-order valence-electron chi connectivity index (χ0n) is 18.9. The van der Waals surface area contributed by atoms with Crippen LogP contribution in [0.3, 0.4) is 0 Å². The number of ether oxygens (including phenoxy) is 1. The minimum atomic E-state index is -1.08. The van der Waals surface area contributed by atoms with Crippen LogP contribution in [0, 0.1) is 0 Å². The molecule has 4 heterocycles. The van der Waals surface area contributed by atoms with Crippen molar-refractivity contribution >= 4 is 28.6 Å². The summed E-state index contributed by atoms with van der Waals surface area (Å²) in [5.74, 6) is 2.30. The summed E-state index contributed by atoms with van der Waals surface area (Å²) < 4.78 is 8.15. The molecule has 0 bridgehead atoms. The quantitative estimate of drug-likeness (QED) is 0.438. The maximum absolute atomic E-state index is 10.9. The zero-order valence-corrected chi connectivity index (χ0v) is 18.9. The highest BCUT2D eigenvalue weighted by Gasteiger charge is 2.22. The lowest BCUT2D eigenvalue weighted by atomic mass is 10.1. The predicted octanol–water partition coefficient (Wildman–Crippen LogP) is 4.52. The number of nitrogens with one attached hydrogen (secondary N) is 1. The van der Waals surface area contributed by atoms with Gasteiger partial charge in [-0.05, 0) is 48.4 Å². The molecule has 1 amide bonds. The van der Waals surface area contributed by atoms with Crippen molar-refractivity contribution in [3.63, 3.8) is 0 Å². The van der Waals surface area contributed by atoms with Crippen LogP contribution in [0.25, 0.3) is 16.7 Å². The van der Waals surface area contributed by atoms with Crippen LogP contribution in [-0.2, 0) is 6.42 Å². The van der Waals surface area contributed by atoms with Crippen LogP contribution in [0.15, 0.2) is 61.2 Å². The molecular formula is C25H26N6O3. The van der Waals surface area contributed by atoms with Crippen LogP contribution < -0.4 is 15.0 Å². The van der Waals surface area contributed by atoms with Gasteiger partial charge in [-0.25, -0.2) is 19.7 Å². The Bertz CT molecular complexity index is 1280. The number of aromatic nitrogens is 4. The monoisotopic (exact) mass is 458 g/mol. The van der Waals surface area contributed by atoms with Crippen molar-refractivity contribution in [2.24, 2.45) is 0 Å². The van der Waals surface area contributed by atoms with Gasteiger partial charge in [-0.2, -0.15) is 0 Å². The van der Waals surface area contributed by atoms with Crippen molar-refractivity contribution in [1.29, 1.82) is 0 Å². The number of fused-ring (bicyclic) bond motifs is 1. The Labute approximate surface area is 197 Å². The third-order valence-electron chi connectivity index (χ3n) is 6.04. The highest BCUT2D eigenvalue weighted by molar-refractivity contribution is 5.90. The first-order chi connectivity index (χ1) is 16.6. The van der Waals surface area contributed by atoms with Crippen LogP contribution in [-0.4, -0.2) is 49.9 Å². The van der Waals surface area contributed by atoms with E-state index in [2.05, 4.69) is 32.1 Å². The number of amides is 1. The molecule has 3 aromatic heterocycles. The fourth-order valence-corrected chi connectivity index (χ4v) is 4.19. The Morgan fingerprint density at radius 3 is 2.56 bits per heavy atom. The second kappa shape index (κ2) is 9.38. The maximum atomic E-state index is 10.9. The highest BCUT2D eigenvalue weighted by atomic mass is 16.5. The number of nitrogens with zero attached hydrogens (tertiary/aromatic N) is 5. The van der Waals surface area contributed by atoms with Gasteiger partial charge in [-0.15, -0.1) is 0 Å². The number of benzene rings is 1. The molecule has 0 atom stereocenters. The lowest BCUT2D eigenvalue weighted by Gasteiger charge is -2.32. The van der Waals surface area contributed by atoms with Crippen LogP contribution in [0.1, 0.15) is 25.3 Å². The summed E-state index contributed by atoms with van der Waals surface area (Å²) >= 11 is 0. The number of carbonyl (C=O) groups is 1. The van der Waals surface area contributed by atoms with Gasteiger partial charge in [0.1, 0.15) is 17.7 Å². The van der Waals surface area contributed by atoms with E-state index in [1.807, 2.05) is 47.4 Å². The minimum Gasteiger partial charge on any atom is -0.489 e. The first-order valence-electron chi connectivity index (χ1n) is 11.4. The van der Waals surface area contributed by atoms with E-state index < -0.39 is 6.09 Å². The summed E-state index contributed by atoms with van der Waals surface area (Å²) in [5, 5.41) is 12.2. The van der Waals surface area contributed by atoms with Gasteiger partial charge in [0, 0.05) is 55.6 Å². The van der Waals surface area contributed by atoms with Crippen LogP contribution in [0.5, 0.6) is 5.75 Å². The molecule has 4 aromatic rings. The minimum absolute atomic E-state index is 0.131. The highest BCUT2D eigenvalue weighted by Crippen LogP contribution is 2.25. The molecule has 1 aromatic carbocycles. The number of carboxylic acid groups (broad SMARTS) is 1. The number of hydrogen-bond acceptors (Lipinski definition) is 6. The first-order valence-corrected chi connectivity index (χ1v) is 11.4. The third-order valence-corrected chi connectivity index (χ3v) is 6.04. The summed E-state index contributed by atoms with van der Waals surface area (Å²) in [6.45, 7) is 3.81. The number of anilines is 2. The summed E-state index contributed by atoms with van der Waals surface area (Å²) in [4.78, 5) is 26.6. The number of aryl methyl sites for hydroxylation is 1. The molecule has 9 heteroatoms. The Balaban J connectivity index is 1.21. The van der Waals surface area contributed by atoms with Gasteiger partial charge in [-0.3, -0.25) is 5.32 Å². The number of hydrogen-bond donors (Lipinski definition) is 2. The first kappa shape index (κ1) is 21.7. The predicted molar refractivity (Wildman–Crippen MR) is 130 cm³/mol. The molecular weight excluding hydrogens is 432 g/mol. The van der Waals surface area contributed by atoms with E-state index >= 15 is 0 Å². The summed E-state index contributed by atoms with van der Waals surface area (Å²) in [6.07, 6.45) is 9.26. The number of pyridine rings is 1. The van der Waals surface area contributed by atoms with E-state index in [0.717, 1.165) is 66.3 Å². The Morgan fingerprint density at radius 1 is 1.09 bits per heavy atom. The molecule has 34 heavy (non-hydrogen) atoms. The normalized spacial score (nSPS) is 14.3. The lowest BCUT2D eigenvalue weighted by molar-refractivity contribution is 0.170. The van der Waals surface area contributed by atoms with E-state index in [1.54, 1.807) is 18.3 Å². The molecule has 0 aliphatic carbocycles. The van der Waals surface area contributed by atoms with Crippen molar-refractivity contribution in [3.8, 4) is 11.6 Å². The molecule has 0 saturated carbocycles. The van der Waals surface area contributed by atoms with Gasteiger partial charge in [0.15, 0.2) is 0 Å². The summed E-state index contributed by atoms with van der Waals surface area (Å²) in [6, 6.07) is 11.2. The molecule has 0 unspecified atom stereocenters. The largest absolute Gasteiger partial charge is 0.489 e. The van der Waals surface area contributed by atoms with E-state index in [9.17, 15) is 4.79 Å². The molecule has 0 radical (unpaired) electrons. The Hall–Kier alpha value is -4.14. The average Bonchev–Trinajstić information content (AvgIpc) is 3.28. The molecule has 0 spiro atoms. The van der Waals surface area contributed by atoms with Gasteiger partial charge >= 0.3 is 6.09 Å². The van der Waals surface area contributed by atoms with Gasteiger partial charge in [0.05, 0.1) is 11.7 Å². The molecule has 1 saturated heterocycles. The van der Waals surface area contributed by atoms with Gasteiger partial charge in [0.25, 0.3) is 0 Å². The second-order valence-corrected chi connectivity index (χ2v) is 8.29. The zero-order chi connectivity index (χ0) is 23.5. The molecule has 5 rings (SSSR count). The van der Waals surface area contributed by atoms with Crippen LogP contribution in [0.2, 0.25) is 0 Å². The summed E-state index contributed by atoms with van der Waals surface area (Å²) in [5.41, 5.74) is 2.62. The van der Waals surface area contributed by atoms with Gasteiger partial charge in [0.2, 0.25) is 5.95 Å². The fourth-order valence-electron chi connectivity index (χ4n) is 4.19. The average molecular weight is 459 g/mol. The standard InChI is InChI=1S/C25H26N6O3/c1-2-17-14-27-24(28-15-17)30-10-8-20(9-11-30)34-21-4-6-23(26-16-21)31-12-7-18-13-19(29-25(32)33)3-5-22(18)31/h3-7,12-16,20,29H,2,8-11H2,1H3,(H,32,33). The Kier molecular flexibility index (Phi) is 5.99. The maximum Gasteiger partial charge on any atom is 0.409 e. The van der Waals surface area contributed by atoms with Crippen molar-refractivity contribution in [3.05, 3.63) is 66.7 Å². The fraction of sp³-hybridized carbons (Fsp3) is 0.280. The van der Waals surface area contributed by atoms with Crippen molar-refractivity contribution < 1.29 is 14.6 Å². The second-order valence-electron chi connectivity index (χ2n) is 8.29. The van der Waals surface area contributed by atoms with Crippen molar-refractivity contribution in [1.82, 2.24) is 19.5 Å². The van der Waals surface area contributed by atoms with E-state index in [1.165, 1.54) is 0 Å². The molecule has 1 fully saturated rings. The van der Waals surface area contributed by atoms with E-state index in [4.69, 9.17) is 9.84 Å². The third kappa shape index (κ3) is 4.63. The van der Waals surface area contributed by atoms with E-state index in [-0.39, 0.29) is 6.10 Å². The van der Waals surface area contributed by atoms with E-state index in [0.29, 0.717) is 5.69 Å². The van der Waals surface area contributed by atoms with Crippen LogP contribution >= 0.6 is 0 Å². The van der Waals surface area contributed by atoms with Crippen molar-refractivity contribution in [2.75, 3.05) is 23.3 Å². The molecule has 1 aliphatic rings. The smallest absolute Gasteiger partial charge is 0.409 e. The van der Waals surface area contributed by atoms with Crippen molar-refractivity contribution in [2.45, 2.75) is 32.3 Å². The number of rotatable bonds is 6. The van der Waals surface area contributed by atoms with Gasteiger partial charge in [-0.1, -0.05) is 6.92 Å². The van der Waals surface area contributed by atoms with Gasteiger partial charge < -0.3 is 19.3 Å². The topological polar surface area (TPSA) is 105 Å². The van der Waals surface area contributed by atoms with Crippen LogP contribution in [0.4, 0.5) is 16.4 Å². The Morgan fingerprint density at radius 2 is 1.88 bits per heavy atom. The summed E-state index contributed by atoms with van der Waals surface area (Å²) in [7, 11) is 0. The SMILES string of the molecule is CCc1cnc(N2CCC(Oc3ccc(-n4ccc5cc(NC(=O)O)ccc54)nc3)CC2)nc1. The molecule has 174 valence electrons. The molecule has 9 nitrogen and oxygen atoms in total. The molecule has 1 aliphatic heterocycles. The number of piperidine rings is 1. The molecule has 2 N–H and O–H groups in total. The lowest BCUT2D eigenvalue weighted by Crippen LogP contribution is -2.39.